The van der Waals surface area contributed by atoms with Crippen molar-refractivity contribution < 1.29 is 10.0 Å². The maximum atomic E-state index is 8.34. The van der Waals surface area contributed by atoms with E-state index in [1.807, 2.05) is 0 Å². The first-order valence-corrected chi connectivity index (χ1v) is 4.12. The van der Waals surface area contributed by atoms with Gasteiger partial charge in [0.1, 0.15) is 0 Å². The van der Waals surface area contributed by atoms with E-state index in [1.165, 1.54) is 19.3 Å². The second kappa shape index (κ2) is 7.65. The Hall–Kier alpha value is -0.455. The molecule has 0 aromatic carbocycles. The summed E-state index contributed by atoms with van der Waals surface area (Å²) < 4.78 is 0. The molecule has 0 aromatic heterocycles. The van der Waals surface area contributed by atoms with Crippen molar-refractivity contribution in [3.05, 3.63) is 0 Å². The fourth-order valence-electron chi connectivity index (χ4n) is 0.804. The van der Waals surface area contributed by atoms with Gasteiger partial charge in [0.15, 0.2) is 0 Å². The summed E-state index contributed by atoms with van der Waals surface area (Å²) in [6.07, 6.45) is 5.48. The second-order valence-electron chi connectivity index (χ2n) is 2.51. The van der Waals surface area contributed by atoms with Gasteiger partial charge in [0, 0.05) is 6.42 Å². The van der Waals surface area contributed by atoms with E-state index in [9.17, 15) is 0 Å². The number of unbranched alkanes of at least 4 members (excludes halogenated alkanes) is 4. The molecule has 2 nitrogen and oxygen atoms in total. The van der Waals surface area contributed by atoms with E-state index >= 15 is 0 Å². The van der Waals surface area contributed by atoms with Crippen LogP contribution in [-0.2, 0) is 0 Å². The third-order valence-corrected chi connectivity index (χ3v) is 1.39. The third kappa shape index (κ3) is 9.54. The molecule has 0 amide bonds. The van der Waals surface area contributed by atoms with Crippen LogP contribution in [0, 0.1) is 11.7 Å². The highest BCUT2D eigenvalue weighted by Crippen LogP contribution is 2.00. The average molecular weight is 154 g/mol. The molecule has 11 heavy (non-hydrogen) atoms. The molecule has 0 saturated heterocycles. The molecule has 0 bridgehead atoms. The van der Waals surface area contributed by atoms with Gasteiger partial charge in [0.25, 0.3) is 0 Å². The van der Waals surface area contributed by atoms with Gasteiger partial charge in [0.05, 0.1) is 0 Å². The van der Waals surface area contributed by atoms with Crippen molar-refractivity contribution >= 4 is 7.12 Å². The minimum absolute atomic E-state index is 0.775. The Morgan fingerprint density at radius 1 is 1.18 bits per heavy atom. The summed E-state index contributed by atoms with van der Waals surface area (Å²) in [4.78, 5) is 0. The van der Waals surface area contributed by atoms with E-state index in [0.29, 0.717) is 0 Å². The van der Waals surface area contributed by atoms with Crippen molar-refractivity contribution in [3.8, 4) is 11.7 Å². The largest absolute Gasteiger partial charge is 0.544 e. The van der Waals surface area contributed by atoms with Crippen molar-refractivity contribution in [2.45, 2.75) is 39.0 Å². The third-order valence-electron chi connectivity index (χ3n) is 1.39. The topological polar surface area (TPSA) is 40.5 Å². The highest BCUT2D eigenvalue weighted by atomic mass is 16.4. The highest BCUT2D eigenvalue weighted by molar-refractivity contribution is 6.51. The number of hydrogen-bond donors (Lipinski definition) is 2. The summed E-state index contributed by atoms with van der Waals surface area (Å²) in [6, 6.07) is 0. The monoisotopic (exact) mass is 154 g/mol. The SMILES string of the molecule is CCCCCCC#CB(O)O. The number of rotatable bonds is 4. The van der Waals surface area contributed by atoms with Crippen LogP contribution < -0.4 is 0 Å². The van der Waals surface area contributed by atoms with Gasteiger partial charge in [-0.1, -0.05) is 32.0 Å². The Morgan fingerprint density at radius 2 is 1.91 bits per heavy atom. The molecule has 0 heterocycles. The van der Waals surface area contributed by atoms with Gasteiger partial charge < -0.3 is 10.0 Å². The van der Waals surface area contributed by atoms with Gasteiger partial charge >= 0.3 is 7.12 Å². The molecule has 0 spiro atoms. The van der Waals surface area contributed by atoms with Crippen molar-refractivity contribution in [2.24, 2.45) is 0 Å². The fraction of sp³-hybridized carbons (Fsp3) is 0.750. The molecule has 0 aromatic rings. The second-order valence-corrected chi connectivity index (χ2v) is 2.51. The smallest absolute Gasteiger partial charge is 0.416 e. The first-order valence-electron chi connectivity index (χ1n) is 4.12. The van der Waals surface area contributed by atoms with Crippen LogP contribution in [0.4, 0.5) is 0 Å². The maximum Gasteiger partial charge on any atom is 0.544 e. The van der Waals surface area contributed by atoms with Crippen LogP contribution in [0.1, 0.15) is 39.0 Å². The van der Waals surface area contributed by atoms with Crippen molar-refractivity contribution in [2.75, 3.05) is 0 Å². The molecule has 0 fully saturated rings. The van der Waals surface area contributed by atoms with Crippen molar-refractivity contribution in [1.82, 2.24) is 0 Å². The Bertz CT molecular complexity index is 135. The Labute approximate surface area is 68.8 Å². The first kappa shape index (κ1) is 10.5. The summed E-state index contributed by atoms with van der Waals surface area (Å²) >= 11 is 0. The molecule has 0 aliphatic rings. The predicted molar refractivity (Wildman–Crippen MR) is 46.7 cm³/mol. The summed E-state index contributed by atoms with van der Waals surface area (Å²) in [6.45, 7) is 2.16. The van der Waals surface area contributed by atoms with E-state index in [4.69, 9.17) is 10.0 Å². The van der Waals surface area contributed by atoms with E-state index in [1.54, 1.807) is 0 Å². The van der Waals surface area contributed by atoms with E-state index in [2.05, 4.69) is 18.7 Å². The zero-order valence-corrected chi connectivity index (χ0v) is 7.01. The minimum Gasteiger partial charge on any atom is -0.416 e. The zero-order valence-electron chi connectivity index (χ0n) is 7.01. The summed E-state index contributed by atoms with van der Waals surface area (Å²) in [5.74, 6) is 4.98. The first-order chi connectivity index (χ1) is 5.27. The van der Waals surface area contributed by atoms with Crippen LogP contribution in [0.5, 0.6) is 0 Å². The average Bonchev–Trinajstić information content (AvgIpc) is 1.96. The van der Waals surface area contributed by atoms with Gasteiger partial charge in [-0.15, -0.1) is 5.92 Å². The lowest BCUT2D eigenvalue weighted by atomic mass is 9.94. The molecule has 0 rings (SSSR count). The Kier molecular flexibility index (Phi) is 7.33. The predicted octanol–water partition coefficient (Wildman–Crippen LogP) is 0.972. The Morgan fingerprint density at radius 3 is 2.45 bits per heavy atom. The van der Waals surface area contributed by atoms with Gasteiger partial charge in [0.2, 0.25) is 0 Å². The van der Waals surface area contributed by atoms with Crippen LogP contribution in [0.2, 0.25) is 0 Å². The molecule has 0 unspecified atom stereocenters. The van der Waals surface area contributed by atoms with Gasteiger partial charge in [-0.3, -0.25) is 0 Å². The molecule has 0 aliphatic carbocycles. The van der Waals surface area contributed by atoms with Crippen LogP contribution in [0.3, 0.4) is 0 Å². The number of hydrogen-bond acceptors (Lipinski definition) is 2. The molecule has 0 aliphatic heterocycles. The highest BCUT2D eigenvalue weighted by Gasteiger charge is 1.96. The van der Waals surface area contributed by atoms with Crippen molar-refractivity contribution in [3.63, 3.8) is 0 Å². The summed E-state index contributed by atoms with van der Waals surface area (Å²) in [5, 5.41) is 16.7. The Balaban J connectivity index is 3.09. The van der Waals surface area contributed by atoms with E-state index in [0.717, 1.165) is 12.8 Å². The molecule has 0 atom stereocenters. The molecule has 2 N–H and O–H groups in total. The molecule has 0 radical (unpaired) electrons. The van der Waals surface area contributed by atoms with Crippen LogP contribution in [0.25, 0.3) is 0 Å². The van der Waals surface area contributed by atoms with Crippen molar-refractivity contribution in [1.29, 1.82) is 0 Å². The molecule has 62 valence electrons. The summed E-state index contributed by atoms with van der Waals surface area (Å²) in [7, 11) is -1.46. The standard InChI is InChI=1S/C8H15BO2/c1-2-3-4-5-6-7-8-9(10)11/h10-11H,2-6H2,1H3. The van der Waals surface area contributed by atoms with Crippen LogP contribution >= 0.6 is 0 Å². The lowest BCUT2D eigenvalue weighted by Crippen LogP contribution is -2.06. The quantitative estimate of drug-likeness (QED) is 0.360. The van der Waals surface area contributed by atoms with E-state index < -0.39 is 7.12 Å². The van der Waals surface area contributed by atoms with Crippen LogP contribution in [0.15, 0.2) is 0 Å². The lowest BCUT2D eigenvalue weighted by molar-refractivity contribution is 0.427. The lowest BCUT2D eigenvalue weighted by Gasteiger charge is -1.91. The van der Waals surface area contributed by atoms with Crippen LogP contribution in [-0.4, -0.2) is 17.2 Å². The zero-order chi connectivity index (χ0) is 8.53. The summed E-state index contributed by atoms with van der Waals surface area (Å²) in [5.41, 5.74) is 0. The fourth-order valence-corrected chi connectivity index (χ4v) is 0.804. The normalized spacial score (nSPS) is 8.64. The molecule has 3 heteroatoms. The molecule has 0 saturated carbocycles. The molecular formula is C8H15BO2. The van der Waals surface area contributed by atoms with E-state index in [-0.39, 0.29) is 0 Å². The van der Waals surface area contributed by atoms with Gasteiger partial charge in [-0.05, 0) is 6.42 Å². The minimum atomic E-state index is -1.46. The van der Waals surface area contributed by atoms with Gasteiger partial charge in [-0.2, -0.15) is 0 Å². The molecular weight excluding hydrogens is 139 g/mol. The maximum absolute atomic E-state index is 8.34. The van der Waals surface area contributed by atoms with Gasteiger partial charge in [-0.25, -0.2) is 0 Å².